The largest absolute Gasteiger partial charge is 0.390 e. The van der Waals surface area contributed by atoms with E-state index in [1.54, 1.807) is 18.5 Å². The zero-order valence-corrected chi connectivity index (χ0v) is 23.7. The molecule has 3 unspecified atom stereocenters. The van der Waals surface area contributed by atoms with Crippen molar-refractivity contribution in [2.75, 3.05) is 23.3 Å². The Kier molecular flexibility index (Phi) is 6.48. The van der Waals surface area contributed by atoms with E-state index in [0.717, 1.165) is 34.6 Å². The summed E-state index contributed by atoms with van der Waals surface area (Å²) in [5.74, 6) is 8.59. The van der Waals surface area contributed by atoms with Gasteiger partial charge in [0.1, 0.15) is 11.6 Å². The highest BCUT2D eigenvalue weighted by Crippen LogP contribution is 2.38. The maximum absolute atomic E-state index is 12.5. The fraction of sp³-hybridized carbons (Fsp3) is 0.517. The Balaban J connectivity index is 1.14. The van der Waals surface area contributed by atoms with E-state index >= 15 is 0 Å². The molecule has 214 valence electrons. The van der Waals surface area contributed by atoms with Gasteiger partial charge in [-0.05, 0) is 57.9 Å². The molecular formula is C29H33N7O4S. The summed E-state index contributed by atoms with van der Waals surface area (Å²) in [5, 5.41) is 17.5. The van der Waals surface area contributed by atoms with Crippen LogP contribution >= 0.6 is 0 Å². The van der Waals surface area contributed by atoms with Crippen LogP contribution in [0.15, 0.2) is 36.9 Å². The molecule has 2 N–H and O–H groups in total. The molecule has 3 aromatic rings. The Morgan fingerprint density at radius 1 is 1.12 bits per heavy atom. The number of ether oxygens (including phenoxy) is 1. The molecule has 2 bridgehead atoms. The summed E-state index contributed by atoms with van der Waals surface area (Å²) in [6.45, 7) is 3.32. The molecule has 12 heteroatoms. The fourth-order valence-corrected chi connectivity index (χ4v) is 7.31. The van der Waals surface area contributed by atoms with Crippen LogP contribution in [-0.2, 0) is 14.8 Å². The molecule has 3 saturated heterocycles. The molecule has 4 fully saturated rings. The van der Waals surface area contributed by atoms with Crippen molar-refractivity contribution in [1.29, 1.82) is 0 Å². The predicted molar refractivity (Wildman–Crippen MR) is 153 cm³/mol. The van der Waals surface area contributed by atoms with Crippen LogP contribution in [0.2, 0.25) is 0 Å². The molecule has 41 heavy (non-hydrogen) atoms. The average Bonchev–Trinajstić information content (AvgIpc) is 3.36. The quantitative estimate of drug-likeness (QED) is 0.422. The highest BCUT2D eigenvalue weighted by atomic mass is 32.2. The summed E-state index contributed by atoms with van der Waals surface area (Å²) < 4.78 is 32.1. The van der Waals surface area contributed by atoms with E-state index in [-0.39, 0.29) is 17.3 Å². The van der Waals surface area contributed by atoms with E-state index in [2.05, 4.69) is 42.1 Å². The fourth-order valence-electron chi connectivity index (χ4n) is 5.84. The zero-order chi connectivity index (χ0) is 28.2. The van der Waals surface area contributed by atoms with Gasteiger partial charge in [0.15, 0.2) is 5.82 Å². The third-order valence-electron chi connectivity index (χ3n) is 8.50. The highest BCUT2D eigenvalue weighted by Gasteiger charge is 2.40. The SMILES string of the molecule is CC1(O)CCN(c2cc(Nc3ccnc(-c4cnn(S(=O)(=O)C5CC5)c4)n3)ncc2C#CC2CC3CCC2O3)CC1. The first-order chi connectivity index (χ1) is 19.7. The monoisotopic (exact) mass is 575 g/mol. The van der Waals surface area contributed by atoms with Crippen molar-refractivity contribution in [1.82, 2.24) is 24.1 Å². The van der Waals surface area contributed by atoms with Gasteiger partial charge in [0.25, 0.3) is 10.0 Å². The van der Waals surface area contributed by atoms with Crippen LogP contribution in [0.5, 0.6) is 0 Å². The van der Waals surface area contributed by atoms with Gasteiger partial charge >= 0.3 is 0 Å². The van der Waals surface area contributed by atoms with Gasteiger partial charge in [-0.15, -0.1) is 0 Å². The van der Waals surface area contributed by atoms with Gasteiger partial charge in [-0.25, -0.2) is 23.4 Å². The van der Waals surface area contributed by atoms with Crippen LogP contribution in [0.4, 0.5) is 17.3 Å². The third-order valence-corrected chi connectivity index (χ3v) is 10.5. The molecule has 0 radical (unpaired) electrons. The molecule has 0 amide bonds. The molecule has 6 heterocycles. The van der Waals surface area contributed by atoms with Gasteiger partial charge in [-0.2, -0.15) is 9.19 Å². The number of hydrogen-bond acceptors (Lipinski definition) is 10. The van der Waals surface area contributed by atoms with Crippen LogP contribution in [0.3, 0.4) is 0 Å². The van der Waals surface area contributed by atoms with Gasteiger partial charge in [-0.1, -0.05) is 11.8 Å². The van der Waals surface area contributed by atoms with Crippen molar-refractivity contribution in [3.63, 3.8) is 0 Å². The minimum Gasteiger partial charge on any atom is -0.390 e. The summed E-state index contributed by atoms with van der Waals surface area (Å²) >= 11 is 0. The van der Waals surface area contributed by atoms with Crippen molar-refractivity contribution < 1.29 is 18.3 Å². The Morgan fingerprint density at radius 3 is 2.68 bits per heavy atom. The standard InChI is InChI=1S/C29H33N7O4S/c1-29(37)9-12-35(13-10-29)24-15-27(31-16-20(24)3-2-19-14-22-4-7-25(19)40-22)33-26-8-11-30-28(34-26)21-17-32-36(18-21)41(38,39)23-5-6-23/h8,11,15-19,22-23,25,37H,4-7,9-10,12-14H2,1H3,(H,30,31,33,34). The number of nitrogens with one attached hydrogen (secondary N) is 1. The van der Waals surface area contributed by atoms with E-state index in [0.29, 0.717) is 67.9 Å². The lowest BCUT2D eigenvalue weighted by atomic mass is 9.89. The molecule has 3 aromatic heterocycles. The number of nitrogens with zero attached hydrogens (tertiary/aromatic N) is 6. The molecule has 0 spiro atoms. The van der Waals surface area contributed by atoms with Gasteiger partial charge in [0.2, 0.25) is 0 Å². The second-order valence-electron chi connectivity index (χ2n) is 11.8. The van der Waals surface area contributed by atoms with Crippen LogP contribution in [0.1, 0.15) is 57.4 Å². The minimum absolute atomic E-state index is 0.239. The zero-order valence-electron chi connectivity index (χ0n) is 22.9. The van der Waals surface area contributed by atoms with Crippen molar-refractivity contribution >= 4 is 27.3 Å². The van der Waals surface area contributed by atoms with E-state index in [9.17, 15) is 13.5 Å². The molecule has 4 aliphatic rings. The molecular weight excluding hydrogens is 542 g/mol. The Bertz CT molecular complexity index is 1630. The first kappa shape index (κ1) is 26.4. The molecule has 1 aliphatic carbocycles. The summed E-state index contributed by atoms with van der Waals surface area (Å²) in [6, 6.07) is 3.71. The van der Waals surface area contributed by atoms with Gasteiger partial charge in [0.05, 0.1) is 52.3 Å². The van der Waals surface area contributed by atoms with Crippen molar-refractivity contribution in [2.45, 2.75) is 74.9 Å². The summed E-state index contributed by atoms with van der Waals surface area (Å²) in [4.78, 5) is 15.8. The molecule has 7 rings (SSSR count). The lowest BCUT2D eigenvalue weighted by molar-refractivity contribution is 0.0351. The number of pyridine rings is 1. The Hall–Kier alpha value is -3.53. The molecule has 1 saturated carbocycles. The molecule has 3 atom stereocenters. The maximum atomic E-state index is 12.5. The second-order valence-corrected chi connectivity index (χ2v) is 13.9. The van der Waals surface area contributed by atoms with E-state index < -0.39 is 15.6 Å². The highest BCUT2D eigenvalue weighted by molar-refractivity contribution is 7.90. The smallest absolute Gasteiger partial charge is 0.256 e. The maximum Gasteiger partial charge on any atom is 0.256 e. The first-order valence-corrected chi connectivity index (χ1v) is 15.8. The van der Waals surface area contributed by atoms with Crippen molar-refractivity contribution in [3.05, 3.63) is 42.5 Å². The Labute approximate surface area is 239 Å². The number of piperidine rings is 1. The van der Waals surface area contributed by atoms with Crippen LogP contribution in [0, 0.1) is 17.8 Å². The van der Waals surface area contributed by atoms with Crippen LogP contribution in [-0.4, -0.2) is 73.8 Å². The lowest BCUT2D eigenvalue weighted by Crippen LogP contribution is -2.42. The molecule has 3 aliphatic heterocycles. The van der Waals surface area contributed by atoms with E-state index in [1.807, 2.05) is 13.0 Å². The first-order valence-electron chi connectivity index (χ1n) is 14.3. The van der Waals surface area contributed by atoms with Crippen molar-refractivity contribution in [2.24, 2.45) is 5.92 Å². The second kappa shape index (κ2) is 10.1. The predicted octanol–water partition coefficient (Wildman–Crippen LogP) is 3.09. The summed E-state index contributed by atoms with van der Waals surface area (Å²) in [6.07, 6.45) is 12.8. The average molecular weight is 576 g/mol. The third kappa shape index (κ3) is 5.41. The Morgan fingerprint density at radius 2 is 1.95 bits per heavy atom. The van der Waals surface area contributed by atoms with Crippen LogP contribution in [0.25, 0.3) is 11.4 Å². The van der Waals surface area contributed by atoms with Crippen LogP contribution < -0.4 is 10.2 Å². The number of hydrogen-bond donors (Lipinski definition) is 2. The number of aromatic nitrogens is 5. The van der Waals surface area contributed by atoms with Gasteiger partial charge < -0.3 is 20.1 Å². The minimum atomic E-state index is -3.47. The normalized spacial score (nSPS) is 25.1. The number of fused-ring (bicyclic) bond motifs is 2. The van der Waals surface area contributed by atoms with Crippen molar-refractivity contribution in [3.8, 4) is 23.2 Å². The van der Waals surface area contributed by atoms with E-state index in [4.69, 9.17) is 4.74 Å². The number of aliphatic hydroxyl groups is 1. The lowest BCUT2D eigenvalue weighted by Gasteiger charge is -2.37. The summed E-state index contributed by atoms with van der Waals surface area (Å²) in [7, 11) is -3.47. The van der Waals surface area contributed by atoms with Gasteiger partial charge in [0, 0.05) is 37.5 Å². The molecule has 0 aromatic carbocycles. The number of rotatable bonds is 6. The van der Waals surface area contributed by atoms with E-state index in [1.165, 1.54) is 12.4 Å². The van der Waals surface area contributed by atoms with Gasteiger partial charge in [-0.3, -0.25) is 0 Å². The molecule has 11 nitrogen and oxygen atoms in total. The number of anilines is 3. The topological polar surface area (TPSA) is 135 Å². The summed E-state index contributed by atoms with van der Waals surface area (Å²) in [5.41, 5.74) is 1.67.